The number of nitrogens with one attached hydrogen (secondary N) is 1. The summed E-state index contributed by atoms with van der Waals surface area (Å²) in [6.07, 6.45) is 3.92. The zero-order valence-electron chi connectivity index (χ0n) is 18.6. The number of fused-ring (bicyclic) bond motifs is 1. The average Bonchev–Trinajstić information content (AvgIpc) is 3.51. The van der Waals surface area contributed by atoms with Crippen molar-refractivity contribution in [3.8, 4) is 0 Å². The molecule has 1 aromatic carbocycles. The molecular formula is C24H32N4O3. The van der Waals surface area contributed by atoms with Crippen molar-refractivity contribution in [2.45, 2.75) is 58.3 Å². The maximum atomic E-state index is 13.2. The summed E-state index contributed by atoms with van der Waals surface area (Å²) in [5, 5.41) is 3.14. The first kappa shape index (κ1) is 21.5. The molecule has 0 aliphatic heterocycles. The third-order valence-electron chi connectivity index (χ3n) is 5.65. The van der Waals surface area contributed by atoms with Gasteiger partial charge < -0.3 is 14.8 Å². The van der Waals surface area contributed by atoms with Gasteiger partial charge in [0.05, 0.1) is 24.4 Å². The van der Waals surface area contributed by atoms with E-state index in [1.54, 1.807) is 13.4 Å². The Morgan fingerprint density at radius 2 is 2.10 bits per heavy atom. The first-order chi connectivity index (χ1) is 14.9. The summed E-state index contributed by atoms with van der Waals surface area (Å²) >= 11 is 0. The van der Waals surface area contributed by atoms with Gasteiger partial charge in [-0.3, -0.25) is 9.20 Å². The summed E-state index contributed by atoms with van der Waals surface area (Å²) in [6.45, 7) is 7.61. The van der Waals surface area contributed by atoms with Crippen LogP contribution in [0.15, 0.2) is 36.7 Å². The van der Waals surface area contributed by atoms with Crippen molar-refractivity contribution in [2.75, 3.05) is 13.7 Å². The summed E-state index contributed by atoms with van der Waals surface area (Å²) in [4.78, 5) is 22.4. The Bertz CT molecular complexity index is 1090. The van der Waals surface area contributed by atoms with E-state index in [9.17, 15) is 4.79 Å². The molecule has 7 nitrogen and oxygen atoms in total. The molecule has 0 atom stereocenters. The minimum Gasteiger partial charge on any atom is -0.378 e. The van der Waals surface area contributed by atoms with Gasteiger partial charge in [-0.15, -0.1) is 0 Å². The molecule has 1 fully saturated rings. The van der Waals surface area contributed by atoms with Gasteiger partial charge in [-0.2, -0.15) is 0 Å². The molecule has 1 saturated carbocycles. The van der Waals surface area contributed by atoms with Crippen LogP contribution in [0.1, 0.15) is 74.0 Å². The fourth-order valence-electron chi connectivity index (χ4n) is 3.75. The molecular weight excluding hydrogens is 392 g/mol. The number of rotatable bonds is 9. The standard InChI is InChI=1S/C24H30N4O3.H2/c1-5-31-13-16-7-6-8-18(11-16)24(2,3)27-23(29)21-22-26-20(17-9-10-17)12-19(14-30-4)28(22)15-25-21;/h6-8,11-12,15,17H,5,9-10,13-14H2,1-4H3,(H,27,29);1H. The number of methoxy groups -OCH3 is 1. The number of hydrogen-bond donors (Lipinski definition) is 1. The number of nitrogens with zero attached hydrogens (tertiary/aromatic N) is 3. The minimum atomic E-state index is -0.585. The average molecular weight is 425 g/mol. The molecule has 1 amide bonds. The van der Waals surface area contributed by atoms with Crippen molar-refractivity contribution in [1.82, 2.24) is 19.7 Å². The van der Waals surface area contributed by atoms with Crippen LogP contribution in [0.5, 0.6) is 0 Å². The summed E-state index contributed by atoms with van der Waals surface area (Å²) in [7, 11) is 1.66. The Balaban J connectivity index is 0.00000289. The van der Waals surface area contributed by atoms with Crippen molar-refractivity contribution >= 4 is 11.6 Å². The largest absolute Gasteiger partial charge is 0.378 e. The SMILES string of the molecule is CCOCc1cccc(C(C)(C)NC(=O)c2ncn3c(COC)cc(C4CC4)nc23)c1.[HH]. The molecule has 0 bridgehead atoms. The van der Waals surface area contributed by atoms with Gasteiger partial charge in [0.1, 0.15) is 6.33 Å². The van der Waals surface area contributed by atoms with Gasteiger partial charge in [-0.05, 0) is 50.8 Å². The molecule has 1 aliphatic carbocycles. The van der Waals surface area contributed by atoms with E-state index in [1.807, 2.05) is 43.4 Å². The summed E-state index contributed by atoms with van der Waals surface area (Å²) in [5.74, 6) is 0.225. The molecule has 4 rings (SSSR count). The number of aromatic nitrogens is 3. The quantitative estimate of drug-likeness (QED) is 0.557. The summed E-state index contributed by atoms with van der Waals surface area (Å²) in [6, 6.07) is 10.2. The van der Waals surface area contributed by atoms with Gasteiger partial charge in [0, 0.05) is 26.8 Å². The normalized spacial score (nSPS) is 14.2. The molecule has 1 N–H and O–H groups in total. The monoisotopic (exact) mass is 424 g/mol. The number of benzene rings is 1. The highest BCUT2D eigenvalue weighted by Gasteiger charge is 2.29. The fraction of sp³-hybridized carbons (Fsp3) is 0.458. The maximum absolute atomic E-state index is 13.2. The van der Waals surface area contributed by atoms with E-state index in [0.717, 1.165) is 35.4 Å². The Hall–Kier alpha value is -2.77. The lowest BCUT2D eigenvalue weighted by atomic mass is 9.92. The minimum absolute atomic E-state index is 0. The Morgan fingerprint density at radius 1 is 1.29 bits per heavy atom. The van der Waals surface area contributed by atoms with E-state index >= 15 is 0 Å². The smallest absolute Gasteiger partial charge is 0.274 e. The summed E-state index contributed by atoms with van der Waals surface area (Å²) < 4.78 is 12.7. The number of amides is 1. The van der Waals surface area contributed by atoms with E-state index in [0.29, 0.717) is 37.1 Å². The fourth-order valence-corrected chi connectivity index (χ4v) is 3.75. The second-order valence-corrected chi connectivity index (χ2v) is 8.58. The van der Waals surface area contributed by atoms with Crippen molar-refractivity contribution < 1.29 is 15.7 Å². The second kappa shape index (κ2) is 8.77. The number of carbonyl (C=O) groups is 1. The van der Waals surface area contributed by atoms with E-state index in [-0.39, 0.29) is 7.33 Å². The number of ether oxygens (including phenoxy) is 2. The molecule has 2 aromatic heterocycles. The van der Waals surface area contributed by atoms with Crippen molar-refractivity contribution in [3.63, 3.8) is 0 Å². The molecule has 0 spiro atoms. The topological polar surface area (TPSA) is 77.8 Å². The van der Waals surface area contributed by atoms with Crippen LogP contribution in [0.2, 0.25) is 0 Å². The first-order valence-corrected chi connectivity index (χ1v) is 10.8. The number of carbonyl (C=O) groups excluding carboxylic acids is 1. The van der Waals surface area contributed by atoms with Gasteiger partial charge in [0.25, 0.3) is 5.91 Å². The van der Waals surface area contributed by atoms with Crippen LogP contribution in [-0.4, -0.2) is 34.0 Å². The van der Waals surface area contributed by atoms with E-state index in [4.69, 9.17) is 14.5 Å². The predicted octanol–water partition coefficient (Wildman–Crippen LogP) is 4.20. The Kier molecular flexibility index (Phi) is 6.07. The van der Waals surface area contributed by atoms with E-state index in [1.165, 1.54) is 0 Å². The highest BCUT2D eigenvalue weighted by atomic mass is 16.5. The van der Waals surface area contributed by atoms with Gasteiger partial charge in [0.2, 0.25) is 0 Å². The molecule has 0 radical (unpaired) electrons. The van der Waals surface area contributed by atoms with E-state index < -0.39 is 5.54 Å². The van der Waals surface area contributed by atoms with Crippen LogP contribution in [-0.2, 0) is 28.2 Å². The third-order valence-corrected chi connectivity index (χ3v) is 5.65. The highest BCUT2D eigenvalue weighted by molar-refractivity contribution is 5.98. The molecule has 3 aromatic rings. The van der Waals surface area contributed by atoms with E-state index in [2.05, 4.69) is 22.4 Å². The highest BCUT2D eigenvalue weighted by Crippen LogP contribution is 2.39. The molecule has 1 aliphatic rings. The van der Waals surface area contributed by atoms with Crippen LogP contribution in [0, 0.1) is 0 Å². The predicted molar refractivity (Wildman–Crippen MR) is 120 cm³/mol. The molecule has 166 valence electrons. The first-order valence-electron chi connectivity index (χ1n) is 10.8. The third kappa shape index (κ3) is 4.62. The summed E-state index contributed by atoms with van der Waals surface area (Å²) in [5.41, 5.74) is 4.37. The lowest BCUT2D eigenvalue weighted by molar-refractivity contribution is 0.0908. The zero-order valence-corrected chi connectivity index (χ0v) is 18.6. The van der Waals surface area contributed by atoms with Gasteiger partial charge in [-0.25, -0.2) is 9.97 Å². The molecule has 31 heavy (non-hydrogen) atoms. The van der Waals surface area contributed by atoms with Gasteiger partial charge in [-0.1, -0.05) is 24.3 Å². The van der Waals surface area contributed by atoms with Crippen molar-refractivity contribution in [1.29, 1.82) is 0 Å². The second-order valence-electron chi connectivity index (χ2n) is 8.58. The maximum Gasteiger partial charge on any atom is 0.274 e. The number of hydrogen-bond acceptors (Lipinski definition) is 5. The molecule has 0 unspecified atom stereocenters. The van der Waals surface area contributed by atoms with Gasteiger partial charge >= 0.3 is 0 Å². The van der Waals surface area contributed by atoms with Crippen molar-refractivity contribution in [2.24, 2.45) is 0 Å². The number of imidazole rings is 1. The van der Waals surface area contributed by atoms with Crippen LogP contribution in [0.25, 0.3) is 5.65 Å². The lowest BCUT2D eigenvalue weighted by Gasteiger charge is -2.27. The van der Waals surface area contributed by atoms with Crippen molar-refractivity contribution in [3.05, 3.63) is 64.9 Å². The molecule has 7 heteroatoms. The Labute approximate surface area is 184 Å². The van der Waals surface area contributed by atoms with Crippen LogP contribution in [0.4, 0.5) is 0 Å². The van der Waals surface area contributed by atoms with Crippen LogP contribution < -0.4 is 5.32 Å². The Morgan fingerprint density at radius 3 is 2.81 bits per heavy atom. The lowest BCUT2D eigenvalue weighted by Crippen LogP contribution is -2.41. The zero-order chi connectivity index (χ0) is 22.0. The molecule has 2 heterocycles. The van der Waals surface area contributed by atoms with Crippen LogP contribution in [0.3, 0.4) is 0 Å². The van der Waals surface area contributed by atoms with Crippen LogP contribution >= 0.6 is 0 Å². The molecule has 0 saturated heterocycles. The van der Waals surface area contributed by atoms with Gasteiger partial charge in [0.15, 0.2) is 11.3 Å².